The van der Waals surface area contributed by atoms with Crippen LogP contribution in [-0.4, -0.2) is 9.97 Å². The Labute approximate surface area is 116 Å². The van der Waals surface area contributed by atoms with Gasteiger partial charge in [-0.15, -0.1) is 0 Å². The summed E-state index contributed by atoms with van der Waals surface area (Å²) in [4.78, 5) is 8.13. The van der Waals surface area contributed by atoms with E-state index in [4.69, 9.17) is 11.6 Å². The lowest BCUT2D eigenvalue weighted by atomic mass is 10.2. The fraction of sp³-hybridized carbons (Fsp3) is 0. The molecule has 3 aromatic rings. The van der Waals surface area contributed by atoms with Crippen LogP contribution in [0.5, 0.6) is 0 Å². The lowest BCUT2D eigenvalue weighted by Gasteiger charge is -2.05. The quantitative estimate of drug-likeness (QED) is 0.623. The lowest BCUT2D eigenvalue weighted by molar-refractivity contribution is 0.510. The number of hydrogen-bond donors (Lipinski definition) is 0. The first-order valence-corrected chi connectivity index (χ1v) is 6.00. The minimum absolute atomic E-state index is 0.00762. The minimum Gasteiger partial charge on any atom is -0.228 e. The molecule has 1 heterocycles. The Kier molecular flexibility index (Phi) is 3.06. The highest BCUT2D eigenvalue weighted by Crippen LogP contribution is 2.26. The van der Waals surface area contributed by atoms with Crippen molar-refractivity contribution < 1.29 is 13.2 Å². The smallest absolute Gasteiger partial charge is 0.161 e. The van der Waals surface area contributed by atoms with Crippen LogP contribution in [0.4, 0.5) is 13.2 Å². The fourth-order valence-corrected chi connectivity index (χ4v) is 2.05. The maximum atomic E-state index is 13.2. The molecule has 20 heavy (non-hydrogen) atoms. The second kappa shape index (κ2) is 4.76. The van der Waals surface area contributed by atoms with Gasteiger partial charge in [-0.05, 0) is 30.3 Å². The van der Waals surface area contributed by atoms with Crippen molar-refractivity contribution in [3.8, 4) is 11.4 Å². The minimum atomic E-state index is -1.02. The van der Waals surface area contributed by atoms with Gasteiger partial charge in [-0.2, -0.15) is 0 Å². The van der Waals surface area contributed by atoms with Gasteiger partial charge in [0.05, 0.1) is 5.52 Å². The van der Waals surface area contributed by atoms with Crippen molar-refractivity contribution in [1.82, 2.24) is 9.97 Å². The Balaban J connectivity index is 2.23. The van der Waals surface area contributed by atoms with Gasteiger partial charge in [-0.1, -0.05) is 11.6 Å². The molecule has 100 valence electrons. The molecule has 2 nitrogen and oxygen atoms in total. The van der Waals surface area contributed by atoms with E-state index in [9.17, 15) is 13.2 Å². The van der Waals surface area contributed by atoms with E-state index in [1.54, 1.807) is 0 Å². The van der Waals surface area contributed by atoms with E-state index in [2.05, 4.69) is 9.97 Å². The molecule has 0 fully saturated rings. The predicted molar refractivity (Wildman–Crippen MR) is 69.9 cm³/mol. The van der Waals surface area contributed by atoms with Crippen molar-refractivity contribution in [2.75, 3.05) is 0 Å². The summed E-state index contributed by atoms with van der Waals surface area (Å²) in [6.07, 6.45) is 0. The molecule has 0 aliphatic heterocycles. The maximum absolute atomic E-state index is 13.2. The van der Waals surface area contributed by atoms with Gasteiger partial charge >= 0.3 is 0 Å². The first-order valence-electron chi connectivity index (χ1n) is 5.63. The van der Waals surface area contributed by atoms with E-state index in [0.717, 1.165) is 12.1 Å². The van der Waals surface area contributed by atoms with E-state index < -0.39 is 17.5 Å². The van der Waals surface area contributed by atoms with Crippen LogP contribution < -0.4 is 0 Å². The Bertz CT molecular complexity index is 804. The molecule has 0 atom stereocenters. The van der Waals surface area contributed by atoms with Crippen LogP contribution in [0.2, 0.25) is 5.15 Å². The molecule has 0 saturated heterocycles. The summed E-state index contributed by atoms with van der Waals surface area (Å²) >= 11 is 5.95. The SMILES string of the molecule is Fc1ccc(-c2nc(Cl)c3cc(F)c(F)cc3n2)cc1. The highest BCUT2D eigenvalue weighted by molar-refractivity contribution is 6.34. The van der Waals surface area contributed by atoms with Gasteiger partial charge in [0.2, 0.25) is 0 Å². The molecule has 0 bridgehead atoms. The van der Waals surface area contributed by atoms with Crippen molar-refractivity contribution in [1.29, 1.82) is 0 Å². The predicted octanol–water partition coefficient (Wildman–Crippen LogP) is 4.37. The van der Waals surface area contributed by atoms with E-state index in [1.807, 2.05) is 0 Å². The van der Waals surface area contributed by atoms with Crippen molar-refractivity contribution in [2.24, 2.45) is 0 Å². The maximum Gasteiger partial charge on any atom is 0.161 e. The third kappa shape index (κ3) is 2.20. The Morgan fingerprint density at radius 3 is 2.20 bits per heavy atom. The molecule has 0 unspecified atom stereocenters. The molecule has 2 aromatic carbocycles. The van der Waals surface area contributed by atoms with Crippen LogP contribution in [0.25, 0.3) is 22.3 Å². The standard InChI is InChI=1S/C14H6ClF3N2/c15-13-9-5-10(17)11(18)6-12(9)19-14(20-13)7-1-3-8(16)4-2-7/h1-6H. The summed E-state index contributed by atoms with van der Waals surface area (Å²) in [7, 11) is 0. The zero-order valence-corrected chi connectivity index (χ0v) is 10.6. The van der Waals surface area contributed by atoms with E-state index in [1.165, 1.54) is 24.3 Å². The topological polar surface area (TPSA) is 25.8 Å². The highest BCUT2D eigenvalue weighted by Gasteiger charge is 2.12. The van der Waals surface area contributed by atoms with Crippen LogP contribution in [0, 0.1) is 17.5 Å². The summed E-state index contributed by atoms with van der Waals surface area (Å²) in [5.74, 6) is -2.21. The van der Waals surface area contributed by atoms with Crippen LogP contribution in [-0.2, 0) is 0 Å². The molecule has 6 heteroatoms. The van der Waals surface area contributed by atoms with Crippen molar-refractivity contribution in [3.05, 3.63) is 59.0 Å². The molecule has 0 aliphatic carbocycles. The van der Waals surface area contributed by atoms with Gasteiger partial charge in [0.1, 0.15) is 11.0 Å². The molecule has 1 aromatic heterocycles. The van der Waals surface area contributed by atoms with Gasteiger partial charge in [-0.25, -0.2) is 23.1 Å². The Morgan fingerprint density at radius 1 is 0.850 bits per heavy atom. The molecule has 0 amide bonds. The lowest BCUT2D eigenvalue weighted by Crippen LogP contribution is -1.94. The molecule has 0 saturated carbocycles. The van der Waals surface area contributed by atoms with E-state index in [-0.39, 0.29) is 21.9 Å². The summed E-state index contributed by atoms with van der Waals surface area (Å²) in [6, 6.07) is 7.36. The zero-order chi connectivity index (χ0) is 14.3. The Hall–Kier alpha value is -2.14. The monoisotopic (exact) mass is 294 g/mol. The fourth-order valence-electron chi connectivity index (χ4n) is 1.81. The largest absolute Gasteiger partial charge is 0.228 e. The van der Waals surface area contributed by atoms with Crippen molar-refractivity contribution in [3.63, 3.8) is 0 Å². The zero-order valence-electron chi connectivity index (χ0n) is 9.87. The first-order chi connectivity index (χ1) is 9.54. The van der Waals surface area contributed by atoms with Gasteiger partial charge in [0.15, 0.2) is 17.5 Å². The molecule has 0 N–H and O–H groups in total. The summed E-state index contributed by atoms with van der Waals surface area (Å²) in [6.45, 7) is 0. The highest BCUT2D eigenvalue weighted by atomic mass is 35.5. The Morgan fingerprint density at radius 2 is 1.50 bits per heavy atom. The number of aromatic nitrogens is 2. The summed E-state index contributed by atoms with van der Waals surface area (Å²) in [5.41, 5.74) is 0.711. The normalized spacial score (nSPS) is 11.0. The summed E-state index contributed by atoms with van der Waals surface area (Å²) in [5, 5.41) is 0.227. The molecule has 3 rings (SSSR count). The number of rotatable bonds is 1. The average molecular weight is 295 g/mol. The van der Waals surface area contributed by atoms with Gasteiger partial charge in [0.25, 0.3) is 0 Å². The number of benzene rings is 2. The molecular weight excluding hydrogens is 289 g/mol. The van der Waals surface area contributed by atoms with Gasteiger partial charge in [-0.3, -0.25) is 0 Å². The first kappa shape index (κ1) is 12.9. The number of halogens is 4. The molecule has 0 aliphatic rings. The molecular formula is C14H6ClF3N2. The van der Waals surface area contributed by atoms with Crippen molar-refractivity contribution in [2.45, 2.75) is 0 Å². The van der Waals surface area contributed by atoms with E-state index in [0.29, 0.717) is 5.56 Å². The number of fused-ring (bicyclic) bond motifs is 1. The second-order valence-electron chi connectivity index (χ2n) is 4.13. The third-order valence-corrected chi connectivity index (χ3v) is 3.08. The van der Waals surface area contributed by atoms with Crippen molar-refractivity contribution >= 4 is 22.5 Å². The van der Waals surface area contributed by atoms with Crippen LogP contribution in [0.3, 0.4) is 0 Å². The molecule has 0 radical (unpaired) electrons. The van der Waals surface area contributed by atoms with Gasteiger partial charge in [0, 0.05) is 17.0 Å². The number of nitrogens with zero attached hydrogens (tertiary/aromatic N) is 2. The van der Waals surface area contributed by atoms with Gasteiger partial charge < -0.3 is 0 Å². The van der Waals surface area contributed by atoms with E-state index >= 15 is 0 Å². The third-order valence-electron chi connectivity index (χ3n) is 2.79. The molecule has 0 spiro atoms. The number of hydrogen-bond acceptors (Lipinski definition) is 2. The van der Waals surface area contributed by atoms with Crippen LogP contribution in [0.1, 0.15) is 0 Å². The average Bonchev–Trinajstić information content (AvgIpc) is 2.42. The van der Waals surface area contributed by atoms with Crippen LogP contribution >= 0.6 is 11.6 Å². The van der Waals surface area contributed by atoms with Crippen LogP contribution in [0.15, 0.2) is 36.4 Å². The second-order valence-corrected chi connectivity index (χ2v) is 4.49. The summed E-state index contributed by atoms with van der Waals surface area (Å²) < 4.78 is 39.3.